The molecule has 4 aromatic rings. The number of thiazole rings is 1. The van der Waals surface area contributed by atoms with Gasteiger partial charge in [0.15, 0.2) is 0 Å². The average molecular weight is 425 g/mol. The maximum atomic E-state index is 14.2. The topological polar surface area (TPSA) is 72.7 Å². The average Bonchev–Trinajstić information content (AvgIpc) is 3.36. The minimum absolute atomic E-state index is 0.0583. The predicted molar refractivity (Wildman–Crippen MR) is 110 cm³/mol. The normalized spacial score (nSPS) is 12.0. The molecule has 1 amide bonds. The Kier molecular flexibility index (Phi) is 5.37. The van der Waals surface area contributed by atoms with Gasteiger partial charge in [0, 0.05) is 48.2 Å². The summed E-state index contributed by atoms with van der Waals surface area (Å²) < 4.78 is 28.9. The molecular weight excluding hydrogens is 408 g/mol. The highest BCUT2D eigenvalue weighted by Gasteiger charge is 2.22. The second kappa shape index (κ2) is 8.11. The molecular formula is C21H17F2N5OS. The largest absolute Gasteiger partial charge is 0.343 e. The first-order valence-corrected chi connectivity index (χ1v) is 9.96. The van der Waals surface area contributed by atoms with E-state index in [9.17, 15) is 13.6 Å². The van der Waals surface area contributed by atoms with Crippen LogP contribution in [0.4, 0.5) is 8.78 Å². The number of pyridine rings is 1. The number of aromatic nitrogens is 4. The molecule has 30 heavy (non-hydrogen) atoms. The van der Waals surface area contributed by atoms with Gasteiger partial charge in [-0.05, 0) is 31.2 Å². The molecule has 152 valence electrons. The van der Waals surface area contributed by atoms with Crippen molar-refractivity contribution in [2.75, 3.05) is 0 Å². The van der Waals surface area contributed by atoms with Gasteiger partial charge in [-0.1, -0.05) is 0 Å². The van der Waals surface area contributed by atoms with Crippen LogP contribution < -0.4 is 5.32 Å². The highest BCUT2D eigenvalue weighted by Crippen LogP contribution is 2.28. The lowest BCUT2D eigenvalue weighted by molar-refractivity contribution is 0.0940. The molecule has 6 nitrogen and oxygen atoms in total. The quantitative estimate of drug-likeness (QED) is 0.515. The van der Waals surface area contributed by atoms with Gasteiger partial charge in [0.25, 0.3) is 5.91 Å². The summed E-state index contributed by atoms with van der Waals surface area (Å²) in [4.78, 5) is 21.6. The molecule has 1 atom stereocenters. The van der Waals surface area contributed by atoms with Gasteiger partial charge in [-0.2, -0.15) is 5.10 Å². The minimum Gasteiger partial charge on any atom is -0.343 e. The van der Waals surface area contributed by atoms with Crippen LogP contribution in [0.15, 0.2) is 54.3 Å². The van der Waals surface area contributed by atoms with Crippen molar-refractivity contribution in [3.05, 3.63) is 76.5 Å². The molecule has 9 heteroatoms. The van der Waals surface area contributed by atoms with Gasteiger partial charge < -0.3 is 5.32 Å². The number of halogens is 2. The number of nitrogens with one attached hydrogen (secondary N) is 1. The molecule has 0 aliphatic carbocycles. The lowest BCUT2D eigenvalue weighted by Crippen LogP contribution is -2.26. The SMILES string of the molecule is CC(NC(=O)c1cn(C)nc1-c1ccc(F)cc1F)c1nc(-c2cccnc2)cs1. The summed E-state index contributed by atoms with van der Waals surface area (Å²) in [5, 5.41) is 9.69. The number of rotatable bonds is 5. The van der Waals surface area contributed by atoms with E-state index in [2.05, 4.69) is 20.4 Å². The first kappa shape index (κ1) is 19.8. The summed E-state index contributed by atoms with van der Waals surface area (Å²) in [6.45, 7) is 1.82. The zero-order valence-corrected chi connectivity index (χ0v) is 17.0. The third-order valence-corrected chi connectivity index (χ3v) is 5.48. The zero-order chi connectivity index (χ0) is 21.3. The summed E-state index contributed by atoms with van der Waals surface area (Å²) in [6, 6.07) is 6.54. The van der Waals surface area contributed by atoms with E-state index in [1.165, 1.54) is 28.3 Å². The van der Waals surface area contributed by atoms with Crippen LogP contribution in [0, 0.1) is 11.6 Å². The van der Waals surface area contributed by atoms with Crippen LogP contribution in [0.25, 0.3) is 22.5 Å². The zero-order valence-electron chi connectivity index (χ0n) is 16.1. The van der Waals surface area contributed by atoms with Gasteiger partial charge in [0.05, 0.1) is 17.3 Å². The van der Waals surface area contributed by atoms with Crippen molar-refractivity contribution in [2.24, 2.45) is 7.05 Å². The lowest BCUT2D eigenvalue weighted by atomic mass is 10.1. The number of amides is 1. The van der Waals surface area contributed by atoms with Crippen LogP contribution in [0.5, 0.6) is 0 Å². The Labute approximate surface area is 175 Å². The number of hydrogen-bond donors (Lipinski definition) is 1. The number of carbonyl (C=O) groups excluding carboxylic acids is 1. The third kappa shape index (κ3) is 3.97. The molecule has 0 saturated carbocycles. The number of hydrogen-bond acceptors (Lipinski definition) is 5. The Hall–Kier alpha value is -3.46. The minimum atomic E-state index is -0.781. The Balaban J connectivity index is 1.57. The van der Waals surface area contributed by atoms with E-state index >= 15 is 0 Å². The van der Waals surface area contributed by atoms with Crippen LogP contribution in [0.3, 0.4) is 0 Å². The van der Waals surface area contributed by atoms with Crippen LogP contribution in [0.1, 0.15) is 28.3 Å². The van der Waals surface area contributed by atoms with Gasteiger partial charge >= 0.3 is 0 Å². The predicted octanol–water partition coefficient (Wildman–Crippen LogP) is 4.37. The molecule has 0 spiro atoms. The van der Waals surface area contributed by atoms with Crippen molar-refractivity contribution < 1.29 is 13.6 Å². The molecule has 0 bridgehead atoms. The fourth-order valence-corrected chi connectivity index (χ4v) is 3.84. The van der Waals surface area contributed by atoms with E-state index in [1.54, 1.807) is 19.4 Å². The molecule has 4 rings (SSSR count). The van der Waals surface area contributed by atoms with E-state index in [4.69, 9.17) is 0 Å². The molecule has 3 aromatic heterocycles. The summed E-state index contributed by atoms with van der Waals surface area (Å²) in [6.07, 6.45) is 4.92. The van der Waals surface area contributed by atoms with Crippen LogP contribution in [-0.4, -0.2) is 25.7 Å². The van der Waals surface area contributed by atoms with E-state index in [1.807, 2.05) is 24.4 Å². The fourth-order valence-electron chi connectivity index (χ4n) is 3.00. The van der Waals surface area contributed by atoms with Crippen molar-refractivity contribution >= 4 is 17.2 Å². The van der Waals surface area contributed by atoms with Crippen molar-refractivity contribution in [2.45, 2.75) is 13.0 Å². The number of nitrogens with zero attached hydrogens (tertiary/aromatic N) is 4. The Morgan fingerprint density at radius 2 is 2.10 bits per heavy atom. The molecule has 0 aliphatic rings. The molecule has 1 N–H and O–H groups in total. The standard InChI is InChI=1S/C21H17F2N5OS/c1-12(21-26-18(11-30-21)13-4-3-7-24-9-13)25-20(29)16-10-28(2)27-19(16)15-6-5-14(22)8-17(15)23/h3-12H,1-2H3,(H,25,29). The first-order valence-electron chi connectivity index (χ1n) is 9.08. The van der Waals surface area contributed by atoms with Gasteiger partial charge in [0.1, 0.15) is 22.3 Å². The monoisotopic (exact) mass is 425 g/mol. The smallest absolute Gasteiger partial charge is 0.255 e. The van der Waals surface area contributed by atoms with Crippen LogP contribution in [0.2, 0.25) is 0 Å². The van der Waals surface area contributed by atoms with Crippen molar-refractivity contribution in [3.8, 4) is 22.5 Å². The summed E-state index contributed by atoms with van der Waals surface area (Å²) >= 11 is 1.42. The van der Waals surface area contributed by atoms with Gasteiger partial charge in [-0.3, -0.25) is 14.5 Å². The van der Waals surface area contributed by atoms with Crippen molar-refractivity contribution in [1.29, 1.82) is 0 Å². The lowest BCUT2D eigenvalue weighted by Gasteiger charge is -2.11. The van der Waals surface area contributed by atoms with Crippen LogP contribution >= 0.6 is 11.3 Å². The molecule has 0 aliphatic heterocycles. The van der Waals surface area contributed by atoms with E-state index in [0.717, 1.165) is 28.4 Å². The van der Waals surface area contributed by atoms with Crippen molar-refractivity contribution in [3.63, 3.8) is 0 Å². The fraction of sp³-hybridized carbons (Fsp3) is 0.143. The second-order valence-electron chi connectivity index (χ2n) is 6.70. The van der Waals surface area contributed by atoms with E-state index in [-0.39, 0.29) is 22.9 Å². The van der Waals surface area contributed by atoms with Gasteiger partial charge in [0.2, 0.25) is 0 Å². The molecule has 0 fully saturated rings. The van der Waals surface area contributed by atoms with E-state index < -0.39 is 17.5 Å². The molecule has 3 heterocycles. The van der Waals surface area contributed by atoms with Crippen molar-refractivity contribution in [1.82, 2.24) is 25.1 Å². The molecule has 1 aromatic carbocycles. The highest BCUT2D eigenvalue weighted by atomic mass is 32.1. The number of benzene rings is 1. The van der Waals surface area contributed by atoms with Gasteiger partial charge in [-0.25, -0.2) is 13.8 Å². The Morgan fingerprint density at radius 1 is 1.27 bits per heavy atom. The first-order chi connectivity index (χ1) is 14.4. The summed E-state index contributed by atoms with van der Waals surface area (Å²) in [5.74, 6) is -1.90. The maximum absolute atomic E-state index is 14.2. The number of aryl methyl sites for hydroxylation is 1. The van der Waals surface area contributed by atoms with Gasteiger partial charge in [-0.15, -0.1) is 11.3 Å². The molecule has 0 radical (unpaired) electrons. The van der Waals surface area contributed by atoms with E-state index in [0.29, 0.717) is 0 Å². The third-order valence-electron chi connectivity index (χ3n) is 4.46. The second-order valence-corrected chi connectivity index (χ2v) is 7.59. The highest BCUT2D eigenvalue weighted by molar-refractivity contribution is 7.10. The molecule has 0 saturated heterocycles. The summed E-state index contributed by atoms with van der Waals surface area (Å²) in [7, 11) is 1.63. The molecule has 1 unspecified atom stereocenters. The summed E-state index contributed by atoms with van der Waals surface area (Å²) in [5.41, 5.74) is 2.07. The van der Waals surface area contributed by atoms with Crippen LogP contribution in [-0.2, 0) is 7.05 Å². The maximum Gasteiger partial charge on any atom is 0.255 e. The Morgan fingerprint density at radius 3 is 2.83 bits per heavy atom. The Bertz CT molecular complexity index is 1210. The number of carbonyl (C=O) groups is 1.